The summed E-state index contributed by atoms with van der Waals surface area (Å²) in [5, 5.41) is 0. The first-order chi connectivity index (χ1) is 6.02. The molecule has 0 rings (SSSR count). The number of hydrogen-bond donors (Lipinski definition) is 2. The van der Waals surface area contributed by atoms with E-state index in [1.54, 1.807) is 0 Å². The monoisotopic (exact) mass is 248 g/mol. The maximum Gasteiger partial charge on any atom is 0.304 e. The largest absolute Gasteiger partial charge is 0.442 e. The van der Waals surface area contributed by atoms with Crippen molar-refractivity contribution in [3.63, 3.8) is 0 Å². The fraction of sp³-hybridized carbons (Fsp3) is 0.750. The number of carbonyl (C=O) groups is 1. The molecule has 84 valence electrons. The summed E-state index contributed by atoms with van der Waals surface area (Å²) in [6, 6.07) is 0. The molecule has 0 aliphatic rings. The third-order valence-electron chi connectivity index (χ3n) is 0.976. The lowest BCUT2D eigenvalue weighted by Crippen LogP contribution is -2.33. The molecule has 0 amide bonds. The average molecular weight is 248 g/mol. The first-order valence-corrected chi connectivity index (χ1v) is 6.22. The highest BCUT2D eigenvalue weighted by molar-refractivity contribution is 7.90. The number of carbonyl (C=O) groups excluding carboxylic acids is 1. The second-order valence-electron chi connectivity index (χ2n) is 2.30. The van der Waals surface area contributed by atoms with Crippen molar-refractivity contribution in [2.75, 3.05) is 5.75 Å². The van der Waals surface area contributed by atoms with Crippen LogP contribution in [0.2, 0.25) is 0 Å². The second kappa shape index (κ2) is 4.21. The van der Waals surface area contributed by atoms with E-state index >= 15 is 0 Å². The molecule has 14 heavy (non-hydrogen) atoms. The number of rotatable bonds is 4. The summed E-state index contributed by atoms with van der Waals surface area (Å²) in [5.74, 6) is -2.51. The highest BCUT2D eigenvalue weighted by Crippen LogP contribution is 2.04. The molecule has 0 radical (unpaired) electrons. The fourth-order valence-corrected chi connectivity index (χ4v) is 2.41. The minimum Gasteiger partial charge on any atom is -0.442 e. The van der Waals surface area contributed by atoms with Crippen molar-refractivity contribution in [3.05, 3.63) is 0 Å². The van der Waals surface area contributed by atoms with Gasteiger partial charge in [0.05, 0.1) is 0 Å². The molecule has 2 N–H and O–H groups in total. The highest BCUT2D eigenvalue weighted by Gasteiger charge is 2.31. The van der Waals surface area contributed by atoms with Crippen LogP contribution in [-0.2, 0) is 29.8 Å². The smallest absolute Gasteiger partial charge is 0.304 e. The van der Waals surface area contributed by atoms with Gasteiger partial charge in [-0.1, -0.05) is 0 Å². The molecule has 0 aliphatic carbocycles. The number of hydrogen-bond acceptors (Lipinski definition) is 6. The summed E-state index contributed by atoms with van der Waals surface area (Å²) in [5.41, 5.74) is -2.31. The van der Waals surface area contributed by atoms with E-state index in [0.29, 0.717) is 0 Å². The Bertz CT molecular complexity index is 403. The van der Waals surface area contributed by atoms with Gasteiger partial charge in [-0.3, -0.25) is 13.9 Å². The normalized spacial score (nSPS) is 14.8. The zero-order valence-electron chi connectivity index (χ0n) is 6.94. The molecule has 1 unspecified atom stereocenters. The summed E-state index contributed by atoms with van der Waals surface area (Å²) < 4.78 is 62.1. The van der Waals surface area contributed by atoms with Crippen molar-refractivity contribution in [2.45, 2.75) is 12.4 Å². The Hall–Kier alpha value is -0.710. The highest BCUT2D eigenvalue weighted by atomic mass is 32.2. The van der Waals surface area contributed by atoms with E-state index in [-0.39, 0.29) is 0 Å². The summed E-state index contributed by atoms with van der Waals surface area (Å²) >= 11 is 0. The Kier molecular flexibility index (Phi) is 4.00. The van der Waals surface area contributed by atoms with Crippen LogP contribution in [-0.4, -0.2) is 43.1 Å². The van der Waals surface area contributed by atoms with E-state index in [4.69, 9.17) is 9.11 Å². The van der Waals surface area contributed by atoms with Crippen molar-refractivity contribution in [1.29, 1.82) is 0 Å². The van der Waals surface area contributed by atoms with Crippen molar-refractivity contribution >= 4 is 26.2 Å². The molecular weight excluding hydrogens is 240 g/mol. The van der Waals surface area contributed by atoms with Crippen molar-refractivity contribution in [2.24, 2.45) is 0 Å². The van der Waals surface area contributed by atoms with E-state index in [1.165, 1.54) is 0 Å². The summed E-state index contributed by atoms with van der Waals surface area (Å²) in [7, 11) is -9.54. The third kappa shape index (κ3) is 5.85. The lowest BCUT2D eigenvalue weighted by molar-refractivity contribution is -0.142. The molecule has 0 aliphatic heterocycles. The zero-order chi connectivity index (χ0) is 11.6. The molecule has 0 spiro atoms. The molecule has 1 atom stereocenters. The van der Waals surface area contributed by atoms with Crippen LogP contribution < -0.4 is 0 Å². The molecule has 8 nitrogen and oxygen atoms in total. The molecule has 0 saturated carbocycles. The van der Waals surface area contributed by atoms with Crippen LogP contribution in [0.3, 0.4) is 0 Å². The topological polar surface area (TPSA) is 135 Å². The van der Waals surface area contributed by atoms with E-state index in [2.05, 4.69) is 4.74 Å². The van der Waals surface area contributed by atoms with Crippen LogP contribution in [0.25, 0.3) is 0 Å². The SMILES string of the molecule is CC(=O)OC(CS(=O)(=O)O)S(=O)(=O)O. The lowest BCUT2D eigenvalue weighted by Gasteiger charge is -2.11. The molecule has 0 aromatic rings. The molecule has 10 heteroatoms. The molecule has 0 heterocycles. The Balaban J connectivity index is 4.86. The Morgan fingerprint density at radius 3 is 1.93 bits per heavy atom. The molecular formula is C4H8O8S2. The summed E-state index contributed by atoms with van der Waals surface area (Å²) in [4.78, 5) is 10.3. The van der Waals surface area contributed by atoms with E-state index < -0.39 is 37.4 Å². The first-order valence-electron chi connectivity index (χ1n) is 3.11. The van der Waals surface area contributed by atoms with Gasteiger partial charge in [-0.2, -0.15) is 16.8 Å². The van der Waals surface area contributed by atoms with Crippen molar-refractivity contribution in [1.82, 2.24) is 0 Å². The maximum atomic E-state index is 10.4. The Morgan fingerprint density at radius 1 is 1.29 bits per heavy atom. The van der Waals surface area contributed by atoms with Gasteiger partial charge in [-0.15, -0.1) is 0 Å². The second-order valence-corrected chi connectivity index (χ2v) is 5.36. The first kappa shape index (κ1) is 13.3. The average Bonchev–Trinajstić information content (AvgIpc) is 1.78. The maximum absolute atomic E-state index is 10.4. The van der Waals surface area contributed by atoms with Gasteiger partial charge in [-0.25, -0.2) is 0 Å². The minimum absolute atomic E-state index is 0.822. The quantitative estimate of drug-likeness (QED) is 0.460. The van der Waals surface area contributed by atoms with E-state index in [1.807, 2.05) is 0 Å². The van der Waals surface area contributed by atoms with E-state index in [0.717, 1.165) is 6.92 Å². The molecule has 0 aromatic heterocycles. The van der Waals surface area contributed by atoms with E-state index in [9.17, 15) is 21.6 Å². The van der Waals surface area contributed by atoms with Gasteiger partial charge in [-0.05, 0) is 0 Å². The van der Waals surface area contributed by atoms with Gasteiger partial charge >= 0.3 is 16.1 Å². The van der Waals surface area contributed by atoms with Gasteiger partial charge in [0.2, 0.25) is 5.44 Å². The van der Waals surface area contributed by atoms with Gasteiger partial charge < -0.3 is 4.74 Å². The van der Waals surface area contributed by atoms with Crippen LogP contribution in [0.4, 0.5) is 0 Å². The van der Waals surface area contributed by atoms with Gasteiger partial charge in [0, 0.05) is 6.92 Å². The molecule has 0 saturated heterocycles. The molecule has 0 fully saturated rings. The predicted molar refractivity (Wildman–Crippen MR) is 43.5 cm³/mol. The number of ether oxygens (including phenoxy) is 1. The van der Waals surface area contributed by atoms with Crippen molar-refractivity contribution in [3.8, 4) is 0 Å². The third-order valence-corrected chi connectivity index (χ3v) is 2.84. The number of esters is 1. The van der Waals surface area contributed by atoms with Gasteiger partial charge in [0.15, 0.2) is 0 Å². The standard InChI is InChI=1S/C4H8O8S2/c1-3(5)12-4(14(9,10)11)2-13(6,7)8/h4H,2H2,1H3,(H,6,7,8)(H,9,10,11). The van der Waals surface area contributed by atoms with Crippen LogP contribution >= 0.6 is 0 Å². The summed E-state index contributed by atoms with van der Waals surface area (Å²) in [6.45, 7) is 0.822. The van der Waals surface area contributed by atoms with Gasteiger partial charge in [0.25, 0.3) is 10.1 Å². The van der Waals surface area contributed by atoms with Crippen LogP contribution in [0.15, 0.2) is 0 Å². The van der Waals surface area contributed by atoms with Crippen molar-refractivity contribution < 1.29 is 35.5 Å². The molecule has 0 bridgehead atoms. The van der Waals surface area contributed by atoms with Crippen LogP contribution in [0.1, 0.15) is 6.92 Å². The Labute approximate surface area is 80.4 Å². The van der Waals surface area contributed by atoms with Gasteiger partial charge in [0.1, 0.15) is 5.75 Å². The molecule has 0 aromatic carbocycles. The van der Waals surface area contributed by atoms with Crippen LogP contribution in [0.5, 0.6) is 0 Å². The summed E-state index contributed by atoms with van der Waals surface area (Å²) in [6.07, 6.45) is 0. The van der Waals surface area contributed by atoms with Crippen LogP contribution in [0, 0.1) is 0 Å². The lowest BCUT2D eigenvalue weighted by atomic mass is 10.8. The Morgan fingerprint density at radius 2 is 1.71 bits per heavy atom. The zero-order valence-corrected chi connectivity index (χ0v) is 8.58. The fourth-order valence-electron chi connectivity index (χ4n) is 0.538. The predicted octanol–water partition coefficient (Wildman–Crippen LogP) is -1.35. The minimum atomic E-state index is -4.88.